The van der Waals surface area contributed by atoms with E-state index in [1.54, 1.807) is 12.1 Å². The Balaban J connectivity index is 1.86. The van der Waals surface area contributed by atoms with Gasteiger partial charge in [-0.2, -0.15) is 4.98 Å². The topological polar surface area (TPSA) is 113 Å². The van der Waals surface area contributed by atoms with Crippen molar-refractivity contribution in [1.82, 2.24) is 9.97 Å². The van der Waals surface area contributed by atoms with Crippen LogP contribution in [0, 0.1) is 0 Å². The quantitative estimate of drug-likeness (QED) is 0.733. The van der Waals surface area contributed by atoms with Gasteiger partial charge in [0.1, 0.15) is 11.4 Å². The maximum absolute atomic E-state index is 11.7. The molecule has 1 heterocycles. The molecular formula is C18H22N6O2. The van der Waals surface area contributed by atoms with E-state index in [0.29, 0.717) is 29.1 Å². The Hall–Kier alpha value is -3.16. The van der Waals surface area contributed by atoms with Crippen LogP contribution in [0.1, 0.15) is 36.5 Å². The van der Waals surface area contributed by atoms with Gasteiger partial charge in [0, 0.05) is 37.6 Å². The number of hydrogen-bond acceptors (Lipinski definition) is 6. The van der Waals surface area contributed by atoms with Crippen LogP contribution in [0.5, 0.6) is 0 Å². The van der Waals surface area contributed by atoms with Gasteiger partial charge in [0.25, 0.3) is 5.91 Å². The Morgan fingerprint density at radius 1 is 1.27 bits per heavy atom. The second-order valence-corrected chi connectivity index (χ2v) is 6.38. The number of nitrogens with one attached hydrogen (secondary N) is 2. The summed E-state index contributed by atoms with van der Waals surface area (Å²) in [6, 6.07) is 7.58. The van der Waals surface area contributed by atoms with Crippen LogP contribution in [-0.4, -0.2) is 34.9 Å². The molecule has 1 aromatic carbocycles. The monoisotopic (exact) mass is 354 g/mol. The van der Waals surface area contributed by atoms with Gasteiger partial charge < -0.3 is 21.3 Å². The lowest BCUT2D eigenvalue weighted by Crippen LogP contribution is -2.39. The number of rotatable bonds is 6. The lowest BCUT2D eigenvalue weighted by atomic mass is 9.91. The first-order valence-corrected chi connectivity index (χ1v) is 8.48. The number of amides is 2. The van der Waals surface area contributed by atoms with E-state index in [2.05, 4.69) is 20.6 Å². The second-order valence-electron chi connectivity index (χ2n) is 6.38. The molecule has 0 saturated heterocycles. The molecule has 0 aliphatic heterocycles. The molecule has 0 unspecified atom stereocenters. The zero-order valence-corrected chi connectivity index (χ0v) is 14.8. The summed E-state index contributed by atoms with van der Waals surface area (Å²) in [5.41, 5.74) is 7.17. The molecule has 0 radical (unpaired) electrons. The normalized spacial score (nSPS) is 13.6. The lowest BCUT2D eigenvalue weighted by Gasteiger charge is -2.36. The summed E-state index contributed by atoms with van der Waals surface area (Å²) in [6.07, 6.45) is 4.76. The van der Waals surface area contributed by atoms with Gasteiger partial charge in [-0.15, -0.1) is 0 Å². The van der Waals surface area contributed by atoms with Crippen molar-refractivity contribution >= 4 is 35.0 Å². The summed E-state index contributed by atoms with van der Waals surface area (Å²) in [6.45, 7) is 1.45. The fourth-order valence-corrected chi connectivity index (χ4v) is 2.83. The van der Waals surface area contributed by atoms with Crippen LogP contribution >= 0.6 is 0 Å². The zero-order chi connectivity index (χ0) is 18.7. The van der Waals surface area contributed by atoms with Gasteiger partial charge in [-0.05, 0) is 37.5 Å². The maximum atomic E-state index is 11.7. The Labute approximate surface area is 151 Å². The second kappa shape index (κ2) is 7.38. The number of carbonyl (C=O) groups excluding carboxylic acids is 2. The van der Waals surface area contributed by atoms with E-state index in [9.17, 15) is 9.59 Å². The largest absolute Gasteiger partial charge is 0.365 e. The van der Waals surface area contributed by atoms with Crippen LogP contribution in [0.4, 0.5) is 23.1 Å². The minimum atomic E-state index is -0.551. The summed E-state index contributed by atoms with van der Waals surface area (Å²) in [5.74, 6) is 0.188. The highest BCUT2D eigenvalue weighted by molar-refractivity contribution is 5.97. The molecule has 2 amide bonds. The first-order valence-electron chi connectivity index (χ1n) is 8.48. The van der Waals surface area contributed by atoms with E-state index in [-0.39, 0.29) is 5.91 Å². The molecule has 4 N–H and O–H groups in total. The highest BCUT2D eigenvalue weighted by atomic mass is 16.1. The molecule has 1 aliphatic rings. The van der Waals surface area contributed by atoms with Gasteiger partial charge in [0.2, 0.25) is 11.9 Å². The Kier molecular flexibility index (Phi) is 5.01. The summed E-state index contributed by atoms with van der Waals surface area (Å²) in [4.78, 5) is 33.6. The van der Waals surface area contributed by atoms with Gasteiger partial charge in [0.05, 0.1) is 0 Å². The van der Waals surface area contributed by atoms with Crippen molar-refractivity contribution in [2.75, 3.05) is 22.6 Å². The summed E-state index contributed by atoms with van der Waals surface area (Å²) in [7, 11) is 1.92. The Bertz CT molecular complexity index is 834. The van der Waals surface area contributed by atoms with Crippen LogP contribution in [0.2, 0.25) is 0 Å². The smallest absolute Gasteiger partial charge is 0.254 e. The van der Waals surface area contributed by atoms with E-state index in [4.69, 9.17) is 5.73 Å². The molecule has 1 aromatic heterocycles. The highest BCUT2D eigenvalue weighted by Crippen LogP contribution is 2.30. The van der Waals surface area contributed by atoms with E-state index < -0.39 is 5.91 Å². The SMILES string of the molecule is CC(=O)Nc1cccc(Nc2ncc(C(N)=O)c(N(C)C3CCC3)n2)c1. The molecule has 136 valence electrons. The standard InChI is InChI=1S/C18H22N6O2/c1-11(25)21-12-5-3-6-13(9-12)22-18-20-10-15(16(19)26)17(23-18)24(2)14-7-4-8-14/h3,5-6,9-10,14H,4,7-8H2,1-2H3,(H2,19,26)(H,21,25)(H,20,22,23). The van der Waals surface area contributed by atoms with Crippen molar-refractivity contribution in [3.05, 3.63) is 36.0 Å². The molecule has 1 saturated carbocycles. The van der Waals surface area contributed by atoms with Crippen molar-refractivity contribution < 1.29 is 9.59 Å². The van der Waals surface area contributed by atoms with E-state index in [0.717, 1.165) is 18.5 Å². The van der Waals surface area contributed by atoms with Crippen molar-refractivity contribution in [1.29, 1.82) is 0 Å². The van der Waals surface area contributed by atoms with Gasteiger partial charge in [-0.25, -0.2) is 4.98 Å². The summed E-state index contributed by atoms with van der Waals surface area (Å²) < 4.78 is 0. The van der Waals surface area contributed by atoms with Crippen molar-refractivity contribution in [2.24, 2.45) is 5.73 Å². The Morgan fingerprint density at radius 2 is 2.00 bits per heavy atom. The number of hydrogen-bond donors (Lipinski definition) is 3. The molecule has 0 atom stereocenters. The predicted octanol–water partition coefficient (Wildman–Crippen LogP) is 2.27. The Morgan fingerprint density at radius 3 is 2.62 bits per heavy atom. The van der Waals surface area contributed by atoms with Crippen LogP contribution in [0.25, 0.3) is 0 Å². The molecule has 1 aliphatic carbocycles. The van der Waals surface area contributed by atoms with Gasteiger partial charge in [0.15, 0.2) is 0 Å². The van der Waals surface area contributed by atoms with Crippen LogP contribution in [0.3, 0.4) is 0 Å². The summed E-state index contributed by atoms with van der Waals surface area (Å²) in [5, 5.41) is 5.83. The van der Waals surface area contributed by atoms with Crippen molar-refractivity contribution in [3.8, 4) is 0 Å². The van der Waals surface area contributed by atoms with E-state index >= 15 is 0 Å². The van der Waals surface area contributed by atoms with Gasteiger partial charge in [-0.1, -0.05) is 6.07 Å². The van der Waals surface area contributed by atoms with E-state index in [1.807, 2.05) is 24.1 Å². The lowest BCUT2D eigenvalue weighted by molar-refractivity contribution is -0.114. The van der Waals surface area contributed by atoms with Crippen LogP contribution in [0.15, 0.2) is 30.5 Å². The molecule has 1 fully saturated rings. The number of carbonyl (C=O) groups is 2. The third-order valence-electron chi connectivity index (χ3n) is 4.43. The van der Waals surface area contributed by atoms with Crippen LogP contribution < -0.4 is 21.3 Å². The minimum absolute atomic E-state index is 0.145. The number of nitrogens with zero attached hydrogens (tertiary/aromatic N) is 3. The molecular weight excluding hydrogens is 332 g/mol. The molecule has 3 rings (SSSR count). The average Bonchev–Trinajstić information content (AvgIpc) is 2.52. The first-order chi connectivity index (χ1) is 12.4. The molecule has 0 spiro atoms. The molecule has 0 bridgehead atoms. The number of aromatic nitrogens is 2. The maximum Gasteiger partial charge on any atom is 0.254 e. The fraction of sp³-hybridized carbons (Fsp3) is 0.333. The first kappa shape index (κ1) is 17.7. The van der Waals surface area contributed by atoms with E-state index in [1.165, 1.54) is 19.5 Å². The van der Waals surface area contributed by atoms with Crippen molar-refractivity contribution in [3.63, 3.8) is 0 Å². The molecule has 2 aromatic rings. The minimum Gasteiger partial charge on any atom is -0.365 e. The number of anilines is 4. The number of benzene rings is 1. The van der Waals surface area contributed by atoms with Gasteiger partial charge >= 0.3 is 0 Å². The van der Waals surface area contributed by atoms with Crippen molar-refractivity contribution in [2.45, 2.75) is 32.2 Å². The zero-order valence-electron chi connectivity index (χ0n) is 14.8. The third kappa shape index (κ3) is 3.90. The molecule has 26 heavy (non-hydrogen) atoms. The van der Waals surface area contributed by atoms with Gasteiger partial charge in [-0.3, -0.25) is 9.59 Å². The predicted molar refractivity (Wildman–Crippen MR) is 101 cm³/mol. The molecule has 8 nitrogen and oxygen atoms in total. The average molecular weight is 354 g/mol. The fourth-order valence-electron chi connectivity index (χ4n) is 2.83. The number of primary amides is 1. The van der Waals surface area contributed by atoms with Crippen LogP contribution in [-0.2, 0) is 4.79 Å². The number of nitrogens with two attached hydrogens (primary N) is 1. The third-order valence-corrected chi connectivity index (χ3v) is 4.43. The highest BCUT2D eigenvalue weighted by Gasteiger charge is 2.26. The summed E-state index contributed by atoms with van der Waals surface area (Å²) >= 11 is 0. The molecule has 8 heteroatoms.